The Morgan fingerprint density at radius 1 is 1.26 bits per heavy atom. The molecule has 2 aromatic heterocycles. The van der Waals surface area contributed by atoms with Crippen LogP contribution in [0, 0.1) is 17.2 Å². The molecule has 0 spiro atoms. The van der Waals surface area contributed by atoms with Crippen LogP contribution in [0.1, 0.15) is 30.5 Å². The molecule has 5 rings (SSSR count). The van der Waals surface area contributed by atoms with Crippen molar-refractivity contribution >= 4 is 17.5 Å². The summed E-state index contributed by atoms with van der Waals surface area (Å²) in [7, 11) is 1.32. The van der Waals surface area contributed by atoms with Crippen molar-refractivity contribution in [3.63, 3.8) is 0 Å². The van der Waals surface area contributed by atoms with Crippen molar-refractivity contribution in [1.82, 2.24) is 19.5 Å². The number of aromatic nitrogens is 4. The Hall–Kier alpha value is -3.81. The first-order valence-electron chi connectivity index (χ1n) is 11.0. The summed E-state index contributed by atoms with van der Waals surface area (Å²) < 4.78 is 46.8. The number of rotatable bonds is 5. The van der Waals surface area contributed by atoms with Crippen LogP contribution in [0.5, 0.6) is 5.75 Å². The molecule has 0 radical (unpaired) electrons. The Morgan fingerprint density at radius 2 is 2.09 bits per heavy atom. The third kappa shape index (κ3) is 4.23. The average Bonchev–Trinajstić information content (AvgIpc) is 3.24. The number of nitrogens with zero attached hydrogens (tertiary/aromatic N) is 6. The van der Waals surface area contributed by atoms with Gasteiger partial charge in [0.05, 0.1) is 29.5 Å². The lowest BCUT2D eigenvalue weighted by atomic mass is 9.82. The van der Waals surface area contributed by atoms with E-state index in [9.17, 15) is 18.4 Å². The number of nitriles is 1. The van der Waals surface area contributed by atoms with E-state index in [0.29, 0.717) is 22.9 Å². The van der Waals surface area contributed by atoms with Crippen LogP contribution in [0.3, 0.4) is 0 Å². The largest absolute Gasteiger partial charge is 0.486 e. The highest BCUT2D eigenvalue weighted by Gasteiger charge is 2.46. The van der Waals surface area contributed by atoms with Crippen molar-refractivity contribution in [3.8, 4) is 17.5 Å². The van der Waals surface area contributed by atoms with Gasteiger partial charge in [-0.1, -0.05) is 19.3 Å². The first kappa shape index (κ1) is 22.0. The first-order valence-corrected chi connectivity index (χ1v) is 11.0. The van der Waals surface area contributed by atoms with E-state index < -0.39 is 18.8 Å². The predicted molar refractivity (Wildman–Crippen MR) is 118 cm³/mol. The normalized spacial score (nSPS) is 18.0. The second kappa shape index (κ2) is 8.52. The maximum atomic E-state index is 13.3. The third-order valence-corrected chi connectivity index (χ3v) is 6.32. The van der Waals surface area contributed by atoms with Crippen molar-refractivity contribution in [1.29, 1.82) is 5.26 Å². The maximum Gasteiger partial charge on any atom is 0.412 e. The van der Waals surface area contributed by atoms with Crippen molar-refractivity contribution in [2.75, 3.05) is 23.9 Å². The standard InChI is InChI=1S/C23H22F3N7O/c1-32-20(23(24,25)26)12-34-19-10-28-22(31-21(19)32)30-16-5-6-18(15(8-16)9-27)33-11-17(29-13-33)7-14-3-2-4-14/h5-6,8,10-11,13-14,20H,2-4,7,12H2,1H3,(H,28,30,31). The van der Waals surface area contributed by atoms with Gasteiger partial charge in [0.15, 0.2) is 17.6 Å². The second-order valence-corrected chi connectivity index (χ2v) is 8.60. The molecule has 176 valence electrons. The van der Waals surface area contributed by atoms with E-state index in [1.165, 1.54) is 32.5 Å². The van der Waals surface area contributed by atoms with Crippen molar-refractivity contribution in [3.05, 3.63) is 48.2 Å². The van der Waals surface area contributed by atoms with Gasteiger partial charge in [0.25, 0.3) is 0 Å². The van der Waals surface area contributed by atoms with Gasteiger partial charge in [-0.05, 0) is 30.5 Å². The zero-order valence-corrected chi connectivity index (χ0v) is 18.4. The van der Waals surface area contributed by atoms with Crippen LogP contribution in [0.25, 0.3) is 5.69 Å². The summed E-state index contributed by atoms with van der Waals surface area (Å²) in [6.45, 7) is -0.521. The predicted octanol–water partition coefficient (Wildman–Crippen LogP) is 4.38. The topological polar surface area (TPSA) is 91.9 Å². The summed E-state index contributed by atoms with van der Waals surface area (Å²) in [6.07, 6.45) is 5.23. The molecule has 1 N–H and O–H groups in total. The van der Waals surface area contributed by atoms with Gasteiger partial charge in [-0.15, -0.1) is 0 Å². The highest BCUT2D eigenvalue weighted by atomic mass is 19.4. The second-order valence-electron chi connectivity index (χ2n) is 8.60. The number of halogens is 3. The van der Waals surface area contributed by atoms with Crippen molar-refractivity contribution in [2.24, 2.45) is 5.92 Å². The van der Waals surface area contributed by atoms with Crippen LogP contribution in [-0.4, -0.2) is 45.4 Å². The first-order chi connectivity index (χ1) is 16.3. The van der Waals surface area contributed by atoms with E-state index in [0.717, 1.165) is 17.0 Å². The minimum atomic E-state index is -4.45. The monoisotopic (exact) mass is 469 g/mol. The molecule has 1 aliphatic carbocycles. The van der Waals surface area contributed by atoms with Crippen LogP contribution in [0.2, 0.25) is 0 Å². The SMILES string of the molecule is CN1c2nc(Nc3ccc(-n4cnc(CC5CCC5)c4)c(C#N)c3)ncc2OCC1C(F)(F)F. The zero-order valence-electron chi connectivity index (χ0n) is 18.4. The Labute approximate surface area is 194 Å². The number of ether oxygens (including phenoxy) is 1. The number of likely N-dealkylation sites (N-methyl/N-ethyl adjacent to an activating group) is 1. The van der Waals surface area contributed by atoms with Gasteiger partial charge in [-0.25, -0.2) is 9.97 Å². The van der Waals surface area contributed by atoms with Gasteiger partial charge in [0.2, 0.25) is 5.95 Å². The smallest absolute Gasteiger partial charge is 0.412 e. The van der Waals surface area contributed by atoms with Crippen LogP contribution in [0.15, 0.2) is 36.9 Å². The molecule has 3 heterocycles. The number of hydrogen-bond acceptors (Lipinski definition) is 7. The molecular formula is C23H22F3N7O. The molecule has 0 bridgehead atoms. The highest BCUT2D eigenvalue weighted by molar-refractivity contribution is 5.64. The van der Waals surface area contributed by atoms with Gasteiger partial charge in [0, 0.05) is 18.9 Å². The van der Waals surface area contributed by atoms with Gasteiger partial charge >= 0.3 is 6.18 Å². The average molecular weight is 469 g/mol. The lowest BCUT2D eigenvalue weighted by Crippen LogP contribution is -2.50. The lowest BCUT2D eigenvalue weighted by Gasteiger charge is -2.35. The molecule has 1 unspecified atom stereocenters. The molecule has 8 nitrogen and oxygen atoms in total. The summed E-state index contributed by atoms with van der Waals surface area (Å²) in [5.41, 5.74) is 2.63. The molecule has 11 heteroatoms. The van der Waals surface area contributed by atoms with Gasteiger partial charge in [0.1, 0.15) is 12.7 Å². The van der Waals surface area contributed by atoms with Gasteiger partial charge in [-0.3, -0.25) is 0 Å². The fraction of sp³-hybridized carbons (Fsp3) is 0.391. The summed E-state index contributed by atoms with van der Waals surface area (Å²) in [6, 6.07) is 5.57. The van der Waals surface area contributed by atoms with Crippen molar-refractivity contribution < 1.29 is 17.9 Å². The quantitative estimate of drug-likeness (QED) is 0.593. The van der Waals surface area contributed by atoms with E-state index in [4.69, 9.17) is 4.74 Å². The number of fused-ring (bicyclic) bond motifs is 1. The molecule has 0 amide bonds. The van der Waals surface area contributed by atoms with E-state index in [1.807, 2.05) is 10.8 Å². The van der Waals surface area contributed by atoms with E-state index in [1.54, 1.807) is 24.5 Å². The summed E-state index contributed by atoms with van der Waals surface area (Å²) in [4.78, 5) is 13.9. The molecule has 1 aromatic carbocycles. The number of anilines is 3. The van der Waals surface area contributed by atoms with Crippen LogP contribution in [-0.2, 0) is 6.42 Å². The van der Waals surface area contributed by atoms with Gasteiger partial charge in [-0.2, -0.15) is 23.4 Å². The molecule has 1 saturated carbocycles. The summed E-state index contributed by atoms with van der Waals surface area (Å²) in [5, 5.41) is 12.7. The molecule has 1 fully saturated rings. The number of nitrogens with one attached hydrogen (secondary N) is 1. The van der Waals surface area contributed by atoms with Gasteiger partial charge < -0.3 is 19.5 Å². The van der Waals surface area contributed by atoms with E-state index >= 15 is 0 Å². The minimum absolute atomic E-state index is 0.0422. The van der Waals surface area contributed by atoms with Crippen LogP contribution >= 0.6 is 0 Å². The lowest BCUT2D eigenvalue weighted by molar-refractivity contribution is -0.155. The molecule has 34 heavy (non-hydrogen) atoms. The molecule has 3 aromatic rings. The number of hydrogen-bond donors (Lipinski definition) is 1. The summed E-state index contributed by atoms with van der Waals surface area (Å²) in [5.74, 6) is 1.01. The Kier molecular flexibility index (Phi) is 5.51. The minimum Gasteiger partial charge on any atom is -0.486 e. The maximum absolute atomic E-state index is 13.3. The van der Waals surface area contributed by atoms with E-state index in [-0.39, 0.29) is 17.5 Å². The van der Waals surface area contributed by atoms with Crippen LogP contribution < -0.4 is 15.0 Å². The number of alkyl halides is 3. The Balaban J connectivity index is 1.36. The molecule has 1 aliphatic heterocycles. The van der Waals surface area contributed by atoms with Crippen LogP contribution in [0.4, 0.5) is 30.6 Å². The number of benzene rings is 1. The molecule has 1 atom stereocenters. The van der Waals surface area contributed by atoms with E-state index in [2.05, 4.69) is 26.3 Å². The molecule has 0 saturated heterocycles. The highest BCUT2D eigenvalue weighted by Crippen LogP contribution is 2.37. The summed E-state index contributed by atoms with van der Waals surface area (Å²) >= 11 is 0. The molecule has 2 aliphatic rings. The zero-order chi connectivity index (χ0) is 23.9. The third-order valence-electron chi connectivity index (χ3n) is 6.32. The Morgan fingerprint density at radius 3 is 2.79 bits per heavy atom. The fourth-order valence-electron chi connectivity index (χ4n) is 4.17. The molecular weight excluding hydrogens is 447 g/mol. The number of imidazole rings is 1. The van der Waals surface area contributed by atoms with Crippen molar-refractivity contribution in [2.45, 2.75) is 37.9 Å². The fourth-order valence-corrected chi connectivity index (χ4v) is 4.17. The Bertz CT molecular complexity index is 1250.